The molecule has 1 amide bonds. The maximum absolute atomic E-state index is 12.4. The first-order valence-corrected chi connectivity index (χ1v) is 10.2. The fourth-order valence-electron chi connectivity index (χ4n) is 2.93. The number of nitrogens with two attached hydrogens (primary N) is 2. The van der Waals surface area contributed by atoms with E-state index in [1.807, 2.05) is 31.2 Å². The van der Waals surface area contributed by atoms with Crippen molar-refractivity contribution in [1.29, 1.82) is 0 Å². The lowest BCUT2D eigenvalue weighted by Crippen LogP contribution is -2.18. The van der Waals surface area contributed by atoms with E-state index in [4.69, 9.17) is 10.9 Å². The van der Waals surface area contributed by atoms with Crippen LogP contribution in [0.5, 0.6) is 0 Å². The predicted molar refractivity (Wildman–Crippen MR) is 108 cm³/mol. The van der Waals surface area contributed by atoms with Crippen LogP contribution in [0.15, 0.2) is 59.8 Å². The van der Waals surface area contributed by atoms with Gasteiger partial charge >= 0.3 is 0 Å². The van der Waals surface area contributed by atoms with E-state index in [0.717, 1.165) is 17.5 Å². The van der Waals surface area contributed by atoms with Crippen LogP contribution in [-0.2, 0) is 27.7 Å². The van der Waals surface area contributed by atoms with E-state index >= 15 is 0 Å². The Morgan fingerprint density at radius 3 is 2.50 bits per heavy atom. The Balaban J connectivity index is 1.88. The lowest BCUT2D eigenvalue weighted by Gasteiger charge is -2.12. The van der Waals surface area contributed by atoms with Gasteiger partial charge in [0.05, 0.1) is 30.2 Å². The van der Waals surface area contributed by atoms with Crippen molar-refractivity contribution in [3.63, 3.8) is 0 Å². The summed E-state index contributed by atoms with van der Waals surface area (Å²) in [6, 6.07) is 12.1. The number of nitrogens with one attached hydrogen (secondary N) is 1. The van der Waals surface area contributed by atoms with Gasteiger partial charge in [0, 0.05) is 5.69 Å². The summed E-state index contributed by atoms with van der Waals surface area (Å²) in [5.74, 6) is -0.252. The Hall–Kier alpha value is -3.17. The van der Waals surface area contributed by atoms with Gasteiger partial charge in [0.25, 0.3) is 0 Å². The van der Waals surface area contributed by atoms with Crippen LogP contribution in [0, 0.1) is 0 Å². The topological polar surface area (TPSA) is 133 Å². The molecule has 0 aliphatic heterocycles. The number of primary sulfonamides is 1. The van der Waals surface area contributed by atoms with Gasteiger partial charge in [-0.2, -0.15) is 5.10 Å². The molecular formula is C19H21N5O3S. The summed E-state index contributed by atoms with van der Waals surface area (Å²) in [7, 11) is -4.05. The molecule has 146 valence electrons. The number of hydrogen-bond acceptors (Lipinski definition) is 5. The maximum atomic E-state index is 12.4. The molecule has 0 radical (unpaired) electrons. The van der Waals surface area contributed by atoms with Gasteiger partial charge < -0.3 is 11.1 Å². The molecule has 0 spiro atoms. The first-order chi connectivity index (χ1) is 13.3. The molecule has 0 aliphatic carbocycles. The van der Waals surface area contributed by atoms with Crippen molar-refractivity contribution in [2.45, 2.75) is 24.7 Å². The Bertz CT molecular complexity index is 1120. The number of amides is 1. The minimum atomic E-state index is -4.05. The van der Waals surface area contributed by atoms with Gasteiger partial charge in [-0.05, 0) is 35.7 Å². The summed E-state index contributed by atoms with van der Waals surface area (Å²) < 4.78 is 25.4. The monoisotopic (exact) mass is 399 g/mol. The van der Waals surface area contributed by atoms with Crippen molar-refractivity contribution in [3.05, 3.63) is 66.0 Å². The molecule has 5 N–H and O–H groups in total. The van der Waals surface area contributed by atoms with Crippen molar-refractivity contribution >= 4 is 27.3 Å². The number of aromatic nitrogens is 2. The number of rotatable bonds is 6. The van der Waals surface area contributed by atoms with Crippen LogP contribution in [0.4, 0.5) is 11.4 Å². The molecule has 0 fully saturated rings. The average molecular weight is 399 g/mol. The number of nitrogens with zero attached hydrogens (tertiary/aromatic N) is 2. The van der Waals surface area contributed by atoms with Crippen LogP contribution in [0.2, 0.25) is 0 Å². The highest BCUT2D eigenvalue weighted by Gasteiger charge is 2.18. The Kier molecular flexibility index (Phi) is 5.48. The molecular weight excluding hydrogens is 378 g/mol. The number of sulfonamides is 1. The number of nitrogen functional groups attached to an aromatic ring is 1. The van der Waals surface area contributed by atoms with Crippen molar-refractivity contribution in [2.75, 3.05) is 11.1 Å². The normalized spacial score (nSPS) is 11.4. The van der Waals surface area contributed by atoms with Crippen molar-refractivity contribution < 1.29 is 13.2 Å². The van der Waals surface area contributed by atoms with Crippen molar-refractivity contribution in [1.82, 2.24) is 9.78 Å². The molecule has 2 aromatic carbocycles. The van der Waals surface area contributed by atoms with Crippen molar-refractivity contribution in [3.8, 4) is 5.69 Å². The molecule has 0 unspecified atom stereocenters. The highest BCUT2D eigenvalue weighted by molar-refractivity contribution is 7.89. The third-order valence-electron chi connectivity index (χ3n) is 4.25. The summed E-state index contributed by atoms with van der Waals surface area (Å²) in [6.45, 7) is 2.02. The quantitative estimate of drug-likeness (QED) is 0.582. The third-order valence-corrected chi connectivity index (χ3v) is 5.19. The Labute approximate surface area is 163 Å². The Morgan fingerprint density at radius 2 is 1.89 bits per heavy atom. The van der Waals surface area contributed by atoms with Gasteiger partial charge in [-0.25, -0.2) is 18.2 Å². The number of benzene rings is 2. The molecule has 0 saturated heterocycles. The van der Waals surface area contributed by atoms with E-state index in [0.29, 0.717) is 11.4 Å². The van der Waals surface area contributed by atoms with Crippen LogP contribution in [0.25, 0.3) is 5.69 Å². The van der Waals surface area contributed by atoms with Gasteiger partial charge in [-0.1, -0.05) is 31.2 Å². The minimum Gasteiger partial charge on any atom is -0.396 e. The molecule has 1 heterocycles. The molecule has 1 aromatic heterocycles. The molecule has 0 atom stereocenters. The zero-order valence-electron chi connectivity index (χ0n) is 15.3. The van der Waals surface area contributed by atoms with Gasteiger partial charge in [0.1, 0.15) is 4.90 Å². The standard InChI is InChI=1S/C19H21N5O3S/c1-2-13-5-3-4-6-14(13)9-19(25)23-16-7-8-17(18(10-16)28(21,26)27)24-12-15(20)11-22-24/h3-8,10-12H,2,9,20H2,1H3,(H,23,25)(H2,21,26,27). The summed E-state index contributed by atoms with van der Waals surface area (Å²) in [5, 5.41) is 12.1. The van der Waals surface area contributed by atoms with Crippen LogP contribution >= 0.6 is 0 Å². The number of hydrogen-bond donors (Lipinski definition) is 3. The fourth-order valence-corrected chi connectivity index (χ4v) is 3.67. The number of carbonyl (C=O) groups is 1. The van der Waals surface area contributed by atoms with E-state index in [1.54, 1.807) is 6.07 Å². The highest BCUT2D eigenvalue weighted by Crippen LogP contribution is 2.24. The van der Waals surface area contributed by atoms with E-state index in [2.05, 4.69) is 10.4 Å². The first kappa shape index (κ1) is 19.6. The van der Waals surface area contributed by atoms with Gasteiger partial charge in [-0.3, -0.25) is 4.79 Å². The van der Waals surface area contributed by atoms with E-state index in [9.17, 15) is 13.2 Å². The van der Waals surface area contributed by atoms with Crippen LogP contribution in [-0.4, -0.2) is 24.1 Å². The van der Waals surface area contributed by atoms with Crippen molar-refractivity contribution in [2.24, 2.45) is 5.14 Å². The average Bonchev–Trinajstić information content (AvgIpc) is 3.07. The zero-order chi connectivity index (χ0) is 20.3. The van der Waals surface area contributed by atoms with Gasteiger partial charge in [0.2, 0.25) is 15.9 Å². The SMILES string of the molecule is CCc1ccccc1CC(=O)Nc1ccc(-n2cc(N)cn2)c(S(N)(=O)=O)c1. The summed E-state index contributed by atoms with van der Waals surface area (Å²) in [5.41, 5.74) is 8.62. The molecule has 3 aromatic rings. The molecule has 0 saturated carbocycles. The lowest BCUT2D eigenvalue weighted by molar-refractivity contribution is -0.115. The minimum absolute atomic E-state index is 0.164. The zero-order valence-corrected chi connectivity index (χ0v) is 16.1. The van der Waals surface area contributed by atoms with Crippen LogP contribution in [0.1, 0.15) is 18.1 Å². The van der Waals surface area contributed by atoms with E-state index in [1.165, 1.54) is 29.2 Å². The highest BCUT2D eigenvalue weighted by atomic mass is 32.2. The first-order valence-electron chi connectivity index (χ1n) is 8.62. The largest absolute Gasteiger partial charge is 0.396 e. The molecule has 3 rings (SSSR count). The summed E-state index contributed by atoms with van der Waals surface area (Å²) in [6.07, 6.45) is 3.88. The third kappa shape index (κ3) is 4.38. The smallest absolute Gasteiger partial charge is 0.240 e. The summed E-state index contributed by atoms with van der Waals surface area (Å²) in [4.78, 5) is 12.3. The van der Waals surface area contributed by atoms with Crippen LogP contribution in [0.3, 0.4) is 0 Å². The molecule has 9 heteroatoms. The number of anilines is 2. The van der Waals surface area contributed by atoms with Gasteiger partial charge in [-0.15, -0.1) is 0 Å². The van der Waals surface area contributed by atoms with E-state index < -0.39 is 10.0 Å². The predicted octanol–water partition coefficient (Wildman–Crippen LogP) is 1.85. The lowest BCUT2D eigenvalue weighted by atomic mass is 10.0. The Morgan fingerprint density at radius 1 is 1.18 bits per heavy atom. The van der Waals surface area contributed by atoms with Gasteiger partial charge in [0.15, 0.2) is 0 Å². The summed E-state index contributed by atoms with van der Waals surface area (Å²) >= 11 is 0. The second kappa shape index (κ2) is 7.83. The van der Waals surface area contributed by atoms with Crippen LogP contribution < -0.4 is 16.2 Å². The molecule has 0 aliphatic rings. The number of aryl methyl sites for hydroxylation is 1. The van der Waals surface area contributed by atoms with E-state index in [-0.39, 0.29) is 22.9 Å². The molecule has 28 heavy (non-hydrogen) atoms. The maximum Gasteiger partial charge on any atom is 0.240 e. The fraction of sp³-hybridized carbons (Fsp3) is 0.158. The number of carbonyl (C=O) groups excluding carboxylic acids is 1. The molecule has 0 bridgehead atoms. The second-order valence-corrected chi connectivity index (χ2v) is 7.82. The second-order valence-electron chi connectivity index (χ2n) is 6.29. The molecule has 8 nitrogen and oxygen atoms in total.